The smallest absolute Gasteiger partial charge is 0.256 e. The van der Waals surface area contributed by atoms with Crippen molar-refractivity contribution in [1.29, 1.82) is 0 Å². The summed E-state index contributed by atoms with van der Waals surface area (Å²) in [7, 11) is 1.80. The molecule has 0 unspecified atom stereocenters. The maximum Gasteiger partial charge on any atom is 0.256 e. The first-order chi connectivity index (χ1) is 14.6. The van der Waals surface area contributed by atoms with Crippen LogP contribution >= 0.6 is 0 Å². The SMILES string of the molecule is CN(Cc1ccco1)C(=O)c1ccccc1N1CCC(NC(=O)C2CCCC2)CC1. The number of benzene rings is 1. The summed E-state index contributed by atoms with van der Waals surface area (Å²) in [4.78, 5) is 29.5. The predicted molar refractivity (Wildman–Crippen MR) is 116 cm³/mol. The van der Waals surface area contributed by atoms with E-state index in [0.717, 1.165) is 50.2 Å². The van der Waals surface area contributed by atoms with Crippen LogP contribution in [0.15, 0.2) is 47.1 Å². The zero-order valence-electron chi connectivity index (χ0n) is 17.7. The van der Waals surface area contributed by atoms with Crippen molar-refractivity contribution in [2.24, 2.45) is 5.92 Å². The van der Waals surface area contributed by atoms with Gasteiger partial charge in [-0.1, -0.05) is 25.0 Å². The van der Waals surface area contributed by atoms with Crippen LogP contribution in [-0.2, 0) is 11.3 Å². The fourth-order valence-electron chi connectivity index (χ4n) is 4.62. The molecule has 1 aromatic carbocycles. The van der Waals surface area contributed by atoms with Gasteiger partial charge in [0.25, 0.3) is 5.91 Å². The molecule has 0 bridgehead atoms. The van der Waals surface area contributed by atoms with Gasteiger partial charge in [-0.05, 0) is 49.9 Å². The second kappa shape index (κ2) is 9.37. The molecule has 1 aliphatic carbocycles. The molecule has 1 N–H and O–H groups in total. The van der Waals surface area contributed by atoms with Gasteiger partial charge in [-0.15, -0.1) is 0 Å². The van der Waals surface area contributed by atoms with Gasteiger partial charge in [0.2, 0.25) is 5.91 Å². The summed E-state index contributed by atoms with van der Waals surface area (Å²) in [5, 5.41) is 3.26. The Morgan fingerprint density at radius 2 is 1.80 bits per heavy atom. The predicted octanol–water partition coefficient (Wildman–Crippen LogP) is 3.83. The lowest BCUT2D eigenvalue weighted by atomic mass is 10.0. The van der Waals surface area contributed by atoms with Gasteiger partial charge in [-0.25, -0.2) is 0 Å². The Morgan fingerprint density at radius 1 is 1.07 bits per heavy atom. The van der Waals surface area contributed by atoms with Crippen LogP contribution in [0.3, 0.4) is 0 Å². The molecule has 1 aromatic heterocycles. The van der Waals surface area contributed by atoms with E-state index in [4.69, 9.17) is 4.42 Å². The van der Waals surface area contributed by atoms with E-state index in [-0.39, 0.29) is 23.8 Å². The van der Waals surface area contributed by atoms with Crippen LogP contribution in [0.2, 0.25) is 0 Å². The van der Waals surface area contributed by atoms with Crippen LogP contribution in [0.25, 0.3) is 0 Å². The number of amides is 2. The van der Waals surface area contributed by atoms with Gasteiger partial charge in [0, 0.05) is 37.8 Å². The average Bonchev–Trinajstić information content (AvgIpc) is 3.48. The number of rotatable bonds is 6. The summed E-state index contributed by atoms with van der Waals surface area (Å²) in [5.41, 5.74) is 1.68. The molecule has 2 aliphatic rings. The topological polar surface area (TPSA) is 65.8 Å². The summed E-state index contributed by atoms with van der Waals surface area (Å²) in [6.07, 6.45) is 7.85. The molecule has 1 saturated carbocycles. The fourth-order valence-corrected chi connectivity index (χ4v) is 4.62. The van der Waals surface area contributed by atoms with Gasteiger partial charge in [-0.2, -0.15) is 0 Å². The maximum atomic E-state index is 13.1. The number of carbonyl (C=O) groups is 2. The second-order valence-corrected chi connectivity index (χ2v) is 8.51. The van der Waals surface area contributed by atoms with Gasteiger partial charge in [0.05, 0.1) is 18.4 Å². The summed E-state index contributed by atoms with van der Waals surface area (Å²) < 4.78 is 5.38. The standard InChI is InChI=1S/C24H31N3O3/c1-26(17-20-9-6-16-30-20)24(29)21-10-4-5-11-22(21)27-14-12-19(13-15-27)25-23(28)18-7-2-3-8-18/h4-6,9-11,16,18-19H,2-3,7-8,12-15,17H2,1H3,(H,25,28). The van der Waals surface area contributed by atoms with Crippen LogP contribution < -0.4 is 10.2 Å². The van der Waals surface area contributed by atoms with E-state index in [9.17, 15) is 9.59 Å². The quantitative estimate of drug-likeness (QED) is 0.788. The Morgan fingerprint density at radius 3 is 2.50 bits per heavy atom. The largest absolute Gasteiger partial charge is 0.467 e. The van der Waals surface area contributed by atoms with Crippen molar-refractivity contribution in [3.05, 3.63) is 54.0 Å². The van der Waals surface area contributed by atoms with Gasteiger partial charge < -0.3 is 19.5 Å². The molecule has 2 fully saturated rings. The van der Waals surface area contributed by atoms with Crippen LogP contribution in [0, 0.1) is 5.92 Å². The molecule has 1 saturated heterocycles. The lowest BCUT2D eigenvalue weighted by Crippen LogP contribution is -2.46. The minimum Gasteiger partial charge on any atom is -0.467 e. The van der Waals surface area contributed by atoms with Gasteiger partial charge in [0.1, 0.15) is 5.76 Å². The van der Waals surface area contributed by atoms with Crippen molar-refractivity contribution in [1.82, 2.24) is 10.2 Å². The van der Waals surface area contributed by atoms with E-state index in [1.165, 1.54) is 12.8 Å². The summed E-state index contributed by atoms with van der Waals surface area (Å²) in [6.45, 7) is 2.11. The number of furan rings is 1. The zero-order chi connectivity index (χ0) is 20.9. The van der Waals surface area contributed by atoms with E-state index >= 15 is 0 Å². The molecular weight excluding hydrogens is 378 g/mol. The molecule has 2 heterocycles. The third-order valence-corrected chi connectivity index (χ3v) is 6.36. The number of para-hydroxylation sites is 1. The first kappa shape index (κ1) is 20.5. The van der Waals surface area contributed by atoms with Crippen molar-refractivity contribution < 1.29 is 14.0 Å². The molecule has 2 amide bonds. The van der Waals surface area contributed by atoms with E-state index in [2.05, 4.69) is 10.2 Å². The molecule has 4 rings (SSSR count). The van der Waals surface area contributed by atoms with Gasteiger partial charge in [0.15, 0.2) is 0 Å². The number of carbonyl (C=O) groups excluding carboxylic acids is 2. The molecule has 0 radical (unpaired) electrons. The van der Waals surface area contributed by atoms with Gasteiger partial charge in [-0.3, -0.25) is 9.59 Å². The van der Waals surface area contributed by atoms with Crippen LogP contribution in [0.4, 0.5) is 5.69 Å². The molecule has 0 spiro atoms. The Balaban J connectivity index is 1.37. The average molecular weight is 410 g/mol. The molecule has 160 valence electrons. The number of hydrogen-bond donors (Lipinski definition) is 1. The Bertz CT molecular complexity index is 850. The molecular formula is C24H31N3O3. The van der Waals surface area contributed by atoms with Crippen molar-refractivity contribution in [3.63, 3.8) is 0 Å². The van der Waals surface area contributed by atoms with E-state index in [0.29, 0.717) is 12.1 Å². The number of piperidine rings is 1. The number of nitrogens with one attached hydrogen (secondary N) is 1. The monoisotopic (exact) mass is 409 g/mol. The zero-order valence-corrected chi connectivity index (χ0v) is 17.7. The summed E-state index contributed by atoms with van der Waals surface area (Å²) in [6, 6.07) is 11.7. The van der Waals surface area contributed by atoms with Crippen molar-refractivity contribution in [2.75, 3.05) is 25.0 Å². The first-order valence-electron chi connectivity index (χ1n) is 11.0. The van der Waals surface area contributed by atoms with Crippen LogP contribution in [0.1, 0.15) is 54.6 Å². The highest BCUT2D eigenvalue weighted by molar-refractivity contribution is 5.99. The molecule has 0 atom stereocenters. The Kier molecular flexibility index (Phi) is 6.41. The Labute approximate surface area is 178 Å². The third-order valence-electron chi connectivity index (χ3n) is 6.36. The summed E-state index contributed by atoms with van der Waals surface area (Å²) >= 11 is 0. The van der Waals surface area contributed by atoms with Crippen molar-refractivity contribution in [3.8, 4) is 0 Å². The highest BCUT2D eigenvalue weighted by atomic mass is 16.3. The molecule has 30 heavy (non-hydrogen) atoms. The molecule has 6 heteroatoms. The van der Waals surface area contributed by atoms with Gasteiger partial charge >= 0.3 is 0 Å². The minimum atomic E-state index is -0.0151. The summed E-state index contributed by atoms with van der Waals surface area (Å²) in [5.74, 6) is 1.20. The molecule has 6 nitrogen and oxygen atoms in total. The number of anilines is 1. The van der Waals surface area contributed by atoms with Crippen LogP contribution in [-0.4, -0.2) is 42.9 Å². The van der Waals surface area contributed by atoms with E-state index in [1.807, 2.05) is 36.4 Å². The second-order valence-electron chi connectivity index (χ2n) is 8.51. The van der Waals surface area contributed by atoms with Crippen molar-refractivity contribution in [2.45, 2.75) is 51.1 Å². The highest BCUT2D eigenvalue weighted by Gasteiger charge is 2.28. The number of nitrogens with zero attached hydrogens (tertiary/aromatic N) is 2. The first-order valence-corrected chi connectivity index (χ1v) is 11.0. The Hall–Kier alpha value is -2.76. The van der Waals surface area contributed by atoms with Crippen molar-refractivity contribution >= 4 is 17.5 Å². The highest BCUT2D eigenvalue weighted by Crippen LogP contribution is 2.27. The lowest BCUT2D eigenvalue weighted by molar-refractivity contribution is -0.125. The maximum absolute atomic E-state index is 13.1. The lowest BCUT2D eigenvalue weighted by Gasteiger charge is -2.35. The molecule has 1 aliphatic heterocycles. The fraction of sp³-hybridized carbons (Fsp3) is 0.500. The third kappa shape index (κ3) is 4.69. The van der Waals surface area contributed by atoms with Crippen LogP contribution in [0.5, 0.6) is 0 Å². The van der Waals surface area contributed by atoms with E-state index < -0.39 is 0 Å². The minimum absolute atomic E-state index is 0.0151. The van der Waals surface area contributed by atoms with E-state index in [1.54, 1.807) is 18.2 Å². The number of hydrogen-bond acceptors (Lipinski definition) is 4. The normalized spacial score (nSPS) is 17.8. The molecule has 2 aromatic rings.